The van der Waals surface area contributed by atoms with Crippen molar-refractivity contribution in [3.63, 3.8) is 0 Å². The summed E-state index contributed by atoms with van der Waals surface area (Å²) in [4.78, 5) is 12.2. The van der Waals surface area contributed by atoms with Crippen molar-refractivity contribution in [2.45, 2.75) is 70.4 Å². The Morgan fingerprint density at radius 1 is 1.29 bits per heavy atom. The number of amides is 1. The first-order chi connectivity index (χ1) is 9.90. The lowest BCUT2D eigenvalue weighted by Crippen LogP contribution is -2.39. The minimum Gasteiger partial charge on any atom is -0.311 e. The number of hydrogen-bond acceptors (Lipinski definition) is 5. The first-order valence-electron chi connectivity index (χ1n) is 7.80. The zero-order chi connectivity index (χ0) is 15.0. The van der Waals surface area contributed by atoms with Gasteiger partial charge in [-0.05, 0) is 31.6 Å². The Morgan fingerprint density at radius 2 is 1.95 bits per heavy atom. The van der Waals surface area contributed by atoms with Gasteiger partial charge in [-0.25, -0.2) is 0 Å². The molecule has 6 heteroatoms. The summed E-state index contributed by atoms with van der Waals surface area (Å²) in [6, 6.07) is 1.27. The molecule has 1 amide bonds. The highest BCUT2D eigenvalue weighted by molar-refractivity contribution is 7.15. The Labute approximate surface area is 129 Å². The second kappa shape index (κ2) is 5.65. The largest absolute Gasteiger partial charge is 0.311 e. The third-order valence-corrected chi connectivity index (χ3v) is 5.62. The highest BCUT2D eigenvalue weighted by atomic mass is 32.1. The van der Waals surface area contributed by atoms with E-state index in [1.54, 1.807) is 0 Å². The average Bonchev–Trinajstić information content (AvgIpc) is 2.96. The Morgan fingerprint density at radius 3 is 2.52 bits per heavy atom. The fourth-order valence-corrected chi connectivity index (χ4v) is 4.17. The van der Waals surface area contributed by atoms with Crippen molar-refractivity contribution >= 4 is 22.4 Å². The van der Waals surface area contributed by atoms with Crippen molar-refractivity contribution in [1.82, 2.24) is 15.5 Å². The SMILES string of the molecule is CC(C)(C)c1nnc(NC(=O)CC2CC3CCC(C2)N3)s1. The van der Waals surface area contributed by atoms with Crippen molar-refractivity contribution in [2.75, 3.05) is 5.32 Å². The van der Waals surface area contributed by atoms with Gasteiger partial charge in [0.15, 0.2) is 0 Å². The number of nitrogens with one attached hydrogen (secondary N) is 2. The lowest BCUT2D eigenvalue weighted by Gasteiger charge is -2.28. The maximum Gasteiger partial charge on any atom is 0.226 e. The molecule has 1 aromatic heterocycles. The van der Waals surface area contributed by atoms with Crippen LogP contribution < -0.4 is 10.6 Å². The summed E-state index contributed by atoms with van der Waals surface area (Å²) < 4.78 is 0. The monoisotopic (exact) mass is 308 g/mol. The molecule has 0 aromatic carbocycles. The summed E-state index contributed by atoms with van der Waals surface area (Å²) in [5.41, 5.74) is -0.0190. The molecule has 3 heterocycles. The number of piperidine rings is 1. The van der Waals surface area contributed by atoms with Crippen LogP contribution in [0, 0.1) is 5.92 Å². The topological polar surface area (TPSA) is 66.9 Å². The van der Waals surface area contributed by atoms with E-state index in [9.17, 15) is 4.79 Å². The number of carbonyl (C=O) groups excluding carboxylic acids is 1. The second-order valence-corrected chi connectivity index (χ2v) is 8.37. The van der Waals surface area contributed by atoms with Gasteiger partial charge in [0.2, 0.25) is 11.0 Å². The standard InChI is InChI=1S/C15H24N4OS/c1-15(2,3)13-18-19-14(21-13)17-12(20)8-9-6-10-4-5-11(7-9)16-10/h9-11,16H,4-8H2,1-3H3,(H,17,19,20). The van der Waals surface area contributed by atoms with E-state index in [4.69, 9.17) is 0 Å². The van der Waals surface area contributed by atoms with E-state index < -0.39 is 0 Å². The first-order valence-corrected chi connectivity index (χ1v) is 8.61. The van der Waals surface area contributed by atoms with Crippen LogP contribution in [0.4, 0.5) is 5.13 Å². The zero-order valence-corrected chi connectivity index (χ0v) is 13.8. The van der Waals surface area contributed by atoms with Gasteiger partial charge in [-0.3, -0.25) is 4.79 Å². The summed E-state index contributed by atoms with van der Waals surface area (Å²) in [7, 11) is 0. The van der Waals surface area contributed by atoms with E-state index in [2.05, 4.69) is 41.6 Å². The van der Waals surface area contributed by atoms with Crippen molar-refractivity contribution in [1.29, 1.82) is 0 Å². The molecule has 5 nitrogen and oxygen atoms in total. The Hall–Kier alpha value is -1.01. The van der Waals surface area contributed by atoms with Crippen molar-refractivity contribution in [3.8, 4) is 0 Å². The van der Waals surface area contributed by atoms with Gasteiger partial charge in [-0.2, -0.15) is 0 Å². The molecule has 2 fully saturated rings. The van der Waals surface area contributed by atoms with Crippen LogP contribution in [0.15, 0.2) is 0 Å². The highest BCUT2D eigenvalue weighted by Crippen LogP contribution is 2.33. The second-order valence-electron chi connectivity index (χ2n) is 7.39. The predicted octanol–water partition coefficient (Wildman–Crippen LogP) is 2.69. The normalized spacial score (nSPS) is 28.6. The molecule has 21 heavy (non-hydrogen) atoms. The van der Waals surface area contributed by atoms with E-state index in [1.807, 2.05) is 0 Å². The predicted molar refractivity (Wildman–Crippen MR) is 84.5 cm³/mol. The number of nitrogens with zero attached hydrogens (tertiary/aromatic N) is 2. The Bertz CT molecular complexity index is 510. The van der Waals surface area contributed by atoms with Gasteiger partial charge < -0.3 is 10.6 Å². The number of carbonyl (C=O) groups is 1. The highest BCUT2D eigenvalue weighted by Gasteiger charge is 2.34. The van der Waals surface area contributed by atoms with Gasteiger partial charge in [0.05, 0.1) is 0 Å². The fraction of sp³-hybridized carbons (Fsp3) is 0.800. The smallest absolute Gasteiger partial charge is 0.226 e. The van der Waals surface area contributed by atoms with Crippen LogP contribution in [-0.2, 0) is 10.2 Å². The number of hydrogen-bond donors (Lipinski definition) is 2. The van der Waals surface area contributed by atoms with Crippen LogP contribution in [-0.4, -0.2) is 28.2 Å². The van der Waals surface area contributed by atoms with Crippen molar-refractivity contribution in [3.05, 3.63) is 5.01 Å². The van der Waals surface area contributed by atoms with Gasteiger partial charge in [-0.15, -0.1) is 10.2 Å². The Kier molecular flexibility index (Phi) is 4.01. The lowest BCUT2D eigenvalue weighted by molar-refractivity contribution is -0.117. The van der Waals surface area contributed by atoms with Gasteiger partial charge in [-0.1, -0.05) is 32.1 Å². The van der Waals surface area contributed by atoms with Crippen LogP contribution >= 0.6 is 11.3 Å². The molecule has 2 unspecified atom stereocenters. The van der Waals surface area contributed by atoms with E-state index in [-0.39, 0.29) is 11.3 Å². The molecule has 3 rings (SSSR count). The summed E-state index contributed by atoms with van der Waals surface area (Å²) >= 11 is 1.48. The molecule has 0 saturated carbocycles. The summed E-state index contributed by atoms with van der Waals surface area (Å²) in [5.74, 6) is 0.594. The quantitative estimate of drug-likeness (QED) is 0.901. The van der Waals surface area contributed by atoms with Crippen LogP contribution in [0.25, 0.3) is 0 Å². The van der Waals surface area contributed by atoms with E-state index in [0.29, 0.717) is 29.6 Å². The van der Waals surface area contributed by atoms with Crippen LogP contribution in [0.3, 0.4) is 0 Å². The van der Waals surface area contributed by atoms with E-state index in [0.717, 1.165) is 17.8 Å². The Balaban J connectivity index is 1.53. The molecule has 2 bridgehead atoms. The molecule has 2 atom stereocenters. The molecule has 0 aliphatic carbocycles. The van der Waals surface area contributed by atoms with Crippen LogP contribution in [0.2, 0.25) is 0 Å². The average molecular weight is 308 g/mol. The number of rotatable bonds is 3. The number of aromatic nitrogens is 2. The number of anilines is 1. The van der Waals surface area contributed by atoms with E-state index >= 15 is 0 Å². The molecular formula is C15H24N4OS. The van der Waals surface area contributed by atoms with Crippen molar-refractivity contribution < 1.29 is 4.79 Å². The minimum atomic E-state index is -0.0190. The third kappa shape index (κ3) is 3.61. The summed E-state index contributed by atoms with van der Waals surface area (Å²) in [5, 5.41) is 16.4. The molecule has 1 aromatic rings. The van der Waals surface area contributed by atoms with Crippen LogP contribution in [0.5, 0.6) is 0 Å². The molecule has 116 valence electrons. The maximum atomic E-state index is 12.2. The lowest BCUT2D eigenvalue weighted by atomic mass is 9.89. The molecule has 2 aliphatic rings. The van der Waals surface area contributed by atoms with E-state index in [1.165, 1.54) is 24.2 Å². The molecule has 0 radical (unpaired) electrons. The van der Waals surface area contributed by atoms with Gasteiger partial charge in [0, 0.05) is 23.9 Å². The van der Waals surface area contributed by atoms with Crippen LogP contribution in [0.1, 0.15) is 57.9 Å². The van der Waals surface area contributed by atoms with Gasteiger partial charge in [0.25, 0.3) is 0 Å². The van der Waals surface area contributed by atoms with Gasteiger partial charge >= 0.3 is 0 Å². The molecule has 2 aliphatic heterocycles. The minimum absolute atomic E-state index is 0.0190. The number of fused-ring (bicyclic) bond motifs is 2. The zero-order valence-electron chi connectivity index (χ0n) is 13.0. The molecule has 2 N–H and O–H groups in total. The third-order valence-electron chi connectivity index (χ3n) is 4.36. The molecule has 0 spiro atoms. The molecule has 2 saturated heterocycles. The van der Waals surface area contributed by atoms with Gasteiger partial charge in [0.1, 0.15) is 5.01 Å². The summed E-state index contributed by atoms with van der Waals surface area (Å²) in [6.07, 6.45) is 5.42. The fourth-order valence-electron chi connectivity index (χ4n) is 3.35. The molecular weight excluding hydrogens is 284 g/mol. The summed E-state index contributed by atoms with van der Waals surface area (Å²) in [6.45, 7) is 6.30. The maximum absolute atomic E-state index is 12.2. The van der Waals surface area contributed by atoms with Crippen molar-refractivity contribution in [2.24, 2.45) is 5.92 Å². The first kappa shape index (κ1) is 14.9.